The highest BCUT2D eigenvalue weighted by Gasteiger charge is 2.85. The van der Waals surface area contributed by atoms with Gasteiger partial charge in [-0.15, -0.1) is 0 Å². The van der Waals surface area contributed by atoms with Gasteiger partial charge in [-0.3, -0.25) is 4.79 Å². The van der Waals surface area contributed by atoms with E-state index in [2.05, 4.69) is 63.3 Å². The molecule has 0 unspecified atom stereocenters. The lowest BCUT2D eigenvalue weighted by molar-refractivity contribution is -0.226. The van der Waals surface area contributed by atoms with E-state index in [-0.39, 0.29) is 33.7 Å². The first-order valence-corrected chi connectivity index (χ1v) is 9.91. The summed E-state index contributed by atoms with van der Waals surface area (Å²) in [4.78, 5) is 13.2. The average molecular weight is 336 g/mol. The third-order valence-corrected chi connectivity index (χ3v) is 8.39. The van der Waals surface area contributed by atoms with Crippen molar-refractivity contribution in [3.63, 3.8) is 0 Å². The van der Waals surface area contributed by atoms with Gasteiger partial charge in [0, 0.05) is 5.41 Å². The van der Waals surface area contributed by atoms with Gasteiger partial charge in [-0.05, 0) is 41.6 Å². The number of esters is 1. The molecule has 3 fully saturated rings. The molecule has 1 aliphatic heterocycles. The van der Waals surface area contributed by atoms with Gasteiger partial charge in [0.1, 0.15) is 11.5 Å². The van der Waals surface area contributed by atoms with Crippen molar-refractivity contribution in [2.75, 3.05) is 0 Å². The summed E-state index contributed by atoms with van der Waals surface area (Å²) >= 11 is 0. The molecule has 2 heteroatoms. The Hall–Kier alpha value is -1.57. The summed E-state index contributed by atoms with van der Waals surface area (Å²) in [6.07, 6.45) is 10.9. The van der Waals surface area contributed by atoms with E-state index in [1.807, 2.05) is 0 Å². The van der Waals surface area contributed by atoms with Crippen molar-refractivity contribution in [3.05, 3.63) is 48.0 Å². The van der Waals surface area contributed by atoms with Crippen LogP contribution in [0.15, 0.2) is 42.5 Å². The predicted molar refractivity (Wildman–Crippen MR) is 98.0 cm³/mol. The molecule has 132 valence electrons. The molecule has 1 saturated heterocycles. The van der Waals surface area contributed by atoms with Gasteiger partial charge in [0.2, 0.25) is 0 Å². The fourth-order valence-corrected chi connectivity index (χ4v) is 7.41. The molecule has 0 aromatic heterocycles. The van der Waals surface area contributed by atoms with E-state index in [0.717, 1.165) is 6.42 Å². The zero-order valence-electron chi connectivity index (χ0n) is 15.5. The van der Waals surface area contributed by atoms with Gasteiger partial charge >= 0.3 is 5.97 Å². The number of cyclic esters (lactones) is 1. The highest BCUT2D eigenvalue weighted by molar-refractivity contribution is 5.89. The predicted octanol–water partition coefficient (Wildman–Crippen LogP) is 5.03. The second-order valence-electron chi connectivity index (χ2n) is 9.42. The lowest BCUT2D eigenvalue weighted by Crippen LogP contribution is -2.68. The molecule has 0 N–H and O–H groups in total. The second-order valence-corrected chi connectivity index (χ2v) is 9.42. The lowest BCUT2D eigenvalue weighted by Gasteiger charge is -2.58. The Morgan fingerprint density at radius 2 is 1.80 bits per heavy atom. The number of hydrogen-bond acceptors (Lipinski definition) is 2. The third kappa shape index (κ3) is 1.41. The van der Waals surface area contributed by atoms with Crippen molar-refractivity contribution >= 4 is 5.97 Å². The fraction of sp³-hybridized carbons (Fsp3) is 0.609. The van der Waals surface area contributed by atoms with E-state index < -0.39 is 0 Å². The summed E-state index contributed by atoms with van der Waals surface area (Å²) in [5.74, 6) is 0.405. The maximum Gasteiger partial charge on any atom is 0.317 e. The van der Waals surface area contributed by atoms with E-state index in [1.54, 1.807) is 0 Å². The summed E-state index contributed by atoms with van der Waals surface area (Å²) in [5, 5.41) is 0. The van der Waals surface area contributed by atoms with E-state index in [1.165, 1.54) is 31.2 Å². The molecule has 2 nitrogen and oxygen atoms in total. The van der Waals surface area contributed by atoms with E-state index in [9.17, 15) is 4.79 Å². The van der Waals surface area contributed by atoms with Crippen molar-refractivity contribution in [2.24, 2.45) is 22.2 Å². The van der Waals surface area contributed by atoms with Crippen LogP contribution in [0.4, 0.5) is 0 Å². The third-order valence-electron chi connectivity index (χ3n) is 8.39. The molecule has 0 radical (unpaired) electrons. The highest BCUT2D eigenvalue weighted by Crippen LogP contribution is 2.82. The lowest BCUT2D eigenvalue weighted by atomic mass is 9.48. The Morgan fingerprint density at radius 3 is 2.48 bits per heavy atom. The van der Waals surface area contributed by atoms with Gasteiger partial charge in [0.05, 0.1) is 0 Å². The van der Waals surface area contributed by atoms with Crippen LogP contribution in [0.3, 0.4) is 0 Å². The number of benzene rings is 1. The first kappa shape index (κ1) is 15.7. The Morgan fingerprint density at radius 1 is 1.08 bits per heavy atom. The summed E-state index contributed by atoms with van der Waals surface area (Å²) in [5.41, 5.74) is 1.000. The Bertz CT molecular complexity index is 766. The van der Waals surface area contributed by atoms with Crippen LogP contribution in [-0.2, 0) is 14.9 Å². The van der Waals surface area contributed by atoms with Crippen LogP contribution in [0, 0.1) is 22.2 Å². The molecule has 1 aromatic carbocycles. The van der Waals surface area contributed by atoms with Crippen molar-refractivity contribution in [1.82, 2.24) is 0 Å². The summed E-state index contributed by atoms with van der Waals surface area (Å²) in [7, 11) is 0. The topological polar surface area (TPSA) is 26.3 Å². The number of fused-ring (bicyclic) bond motifs is 1. The van der Waals surface area contributed by atoms with Crippen LogP contribution in [0.2, 0.25) is 0 Å². The first-order valence-electron chi connectivity index (χ1n) is 9.91. The van der Waals surface area contributed by atoms with Gasteiger partial charge in [0.25, 0.3) is 0 Å². The molecular formula is C23H28O2. The van der Waals surface area contributed by atoms with Crippen LogP contribution in [0.5, 0.6) is 0 Å². The summed E-state index contributed by atoms with van der Waals surface area (Å²) in [6, 6.07) is 10.8. The zero-order chi connectivity index (χ0) is 17.5. The molecule has 1 heterocycles. The normalized spacial score (nSPS) is 47.0. The molecule has 2 saturated carbocycles. The van der Waals surface area contributed by atoms with E-state index in [4.69, 9.17) is 4.74 Å². The Balaban J connectivity index is 1.82. The smallest absolute Gasteiger partial charge is 0.317 e. The van der Waals surface area contributed by atoms with Crippen LogP contribution >= 0.6 is 0 Å². The summed E-state index contributed by atoms with van der Waals surface area (Å²) in [6.45, 7) is 6.88. The maximum absolute atomic E-state index is 13.2. The molecule has 5 rings (SSSR count). The Kier molecular flexibility index (Phi) is 2.87. The molecule has 0 amide bonds. The number of rotatable bonds is 2. The number of ether oxygens (including phenoxy) is 1. The number of allylic oxidation sites excluding steroid dienone is 2. The summed E-state index contributed by atoms with van der Waals surface area (Å²) < 4.78 is 5.81. The van der Waals surface area contributed by atoms with Gasteiger partial charge in [0.15, 0.2) is 0 Å². The van der Waals surface area contributed by atoms with Crippen LogP contribution in [0.1, 0.15) is 58.4 Å². The van der Waals surface area contributed by atoms with Gasteiger partial charge < -0.3 is 4.74 Å². The van der Waals surface area contributed by atoms with Gasteiger partial charge in [-0.1, -0.05) is 76.1 Å². The monoisotopic (exact) mass is 336 g/mol. The maximum atomic E-state index is 13.2. The quantitative estimate of drug-likeness (QED) is 0.559. The molecule has 4 aliphatic rings. The molecule has 25 heavy (non-hydrogen) atoms. The standard InChI is InChI=1S/C23H28O2/c1-16(2)18-22(19(24)25-18)15-21-12-8-7-11-20(21,3)23(22,14-13-21)17-9-5-4-6-10-17/h4-6,9-10,13-14,16,18H,7-8,11-12,15H2,1-3H3/t18-,20+,21+,22-,23-/m1/s1. The van der Waals surface area contributed by atoms with E-state index >= 15 is 0 Å². The number of carbonyl (C=O) groups excluding carboxylic acids is 1. The van der Waals surface area contributed by atoms with Crippen molar-refractivity contribution in [1.29, 1.82) is 0 Å². The number of hydrogen-bond donors (Lipinski definition) is 0. The van der Waals surface area contributed by atoms with Crippen LogP contribution < -0.4 is 0 Å². The molecule has 5 atom stereocenters. The van der Waals surface area contributed by atoms with Crippen molar-refractivity contribution in [3.8, 4) is 0 Å². The minimum atomic E-state index is -0.379. The highest BCUT2D eigenvalue weighted by atomic mass is 16.6. The van der Waals surface area contributed by atoms with Crippen molar-refractivity contribution < 1.29 is 9.53 Å². The zero-order valence-corrected chi connectivity index (χ0v) is 15.5. The minimum absolute atomic E-state index is 0.0319. The van der Waals surface area contributed by atoms with Gasteiger partial charge in [-0.2, -0.15) is 0 Å². The Labute approximate surface area is 150 Å². The first-order chi connectivity index (χ1) is 11.9. The van der Waals surface area contributed by atoms with Crippen LogP contribution in [-0.4, -0.2) is 12.1 Å². The fourth-order valence-electron chi connectivity index (χ4n) is 7.41. The van der Waals surface area contributed by atoms with E-state index in [0.29, 0.717) is 5.92 Å². The average Bonchev–Trinajstić information content (AvgIpc) is 3.01. The van der Waals surface area contributed by atoms with Gasteiger partial charge in [-0.25, -0.2) is 0 Å². The minimum Gasteiger partial charge on any atom is -0.460 e. The molecule has 1 aromatic rings. The second kappa shape index (κ2) is 4.58. The molecule has 1 spiro atoms. The largest absolute Gasteiger partial charge is 0.460 e. The SMILES string of the molecule is CC(C)[C@H]1OC(=O)[C@@]12C[C@]13C=C[C@@]2(c2ccccc2)[C@@]1(C)CCCC3. The number of carbonyl (C=O) groups is 1. The molecular weight excluding hydrogens is 308 g/mol. The molecule has 2 bridgehead atoms. The molecule has 3 aliphatic carbocycles. The van der Waals surface area contributed by atoms with Crippen molar-refractivity contribution in [2.45, 2.75) is 64.4 Å². The van der Waals surface area contributed by atoms with Crippen LogP contribution in [0.25, 0.3) is 0 Å².